The van der Waals surface area contributed by atoms with Crippen molar-refractivity contribution in [2.75, 3.05) is 0 Å². The molecule has 0 aliphatic carbocycles. The van der Waals surface area contributed by atoms with Gasteiger partial charge in [-0.2, -0.15) is 0 Å². The molecular weight excluding hydrogens is 364 g/mol. The van der Waals surface area contributed by atoms with Crippen LogP contribution in [-0.2, 0) is 17.9 Å². The highest BCUT2D eigenvalue weighted by molar-refractivity contribution is 5.81. The van der Waals surface area contributed by atoms with Crippen LogP contribution >= 0.6 is 0 Å². The fraction of sp³-hybridized carbons (Fsp3) is 0.174. The lowest BCUT2D eigenvalue weighted by Crippen LogP contribution is -2.35. The zero-order valence-electron chi connectivity index (χ0n) is 16.2. The number of imidazole rings is 1. The van der Waals surface area contributed by atoms with E-state index in [9.17, 15) is 9.59 Å². The van der Waals surface area contributed by atoms with Crippen LogP contribution in [0.15, 0.2) is 83.9 Å². The van der Waals surface area contributed by atoms with E-state index in [-0.39, 0.29) is 24.2 Å². The number of carbonyl (C=O) groups excluding carboxylic acids is 1. The molecule has 2 aromatic carbocycles. The van der Waals surface area contributed by atoms with E-state index < -0.39 is 0 Å². The van der Waals surface area contributed by atoms with Gasteiger partial charge in [0.05, 0.1) is 17.1 Å². The molecule has 29 heavy (non-hydrogen) atoms. The third kappa shape index (κ3) is 3.69. The largest absolute Gasteiger partial charge is 0.344 e. The van der Waals surface area contributed by atoms with E-state index in [0.717, 1.165) is 22.2 Å². The van der Waals surface area contributed by atoms with Gasteiger partial charge in [-0.15, -0.1) is 0 Å². The van der Waals surface area contributed by atoms with Gasteiger partial charge in [0.15, 0.2) is 0 Å². The number of carbonyl (C=O) groups is 1. The van der Waals surface area contributed by atoms with Crippen molar-refractivity contribution >= 4 is 16.9 Å². The molecule has 4 rings (SSSR count). The summed E-state index contributed by atoms with van der Waals surface area (Å²) in [5.41, 5.74) is 3.32. The van der Waals surface area contributed by atoms with E-state index in [0.29, 0.717) is 6.54 Å². The Labute approximate surface area is 168 Å². The highest BCUT2D eigenvalue weighted by atomic mass is 16.2. The van der Waals surface area contributed by atoms with Crippen LogP contribution in [0.25, 0.3) is 11.0 Å². The number of rotatable bonds is 6. The summed E-state index contributed by atoms with van der Waals surface area (Å²) < 4.78 is 3.21. The summed E-state index contributed by atoms with van der Waals surface area (Å²) in [5, 5.41) is 3.08. The average Bonchev–Trinajstić information content (AvgIpc) is 3.04. The summed E-state index contributed by atoms with van der Waals surface area (Å²) in [4.78, 5) is 29.9. The maximum atomic E-state index is 13.0. The smallest absolute Gasteiger partial charge is 0.329 e. The van der Waals surface area contributed by atoms with Crippen LogP contribution in [0.5, 0.6) is 0 Å². The first-order valence-electron chi connectivity index (χ1n) is 9.61. The van der Waals surface area contributed by atoms with Crippen LogP contribution in [0.4, 0.5) is 0 Å². The maximum Gasteiger partial charge on any atom is 0.329 e. The highest BCUT2D eigenvalue weighted by Crippen LogP contribution is 2.21. The van der Waals surface area contributed by atoms with Crippen LogP contribution in [-0.4, -0.2) is 20.0 Å². The van der Waals surface area contributed by atoms with Crippen LogP contribution < -0.4 is 11.0 Å². The van der Waals surface area contributed by atoms with Crippen molar-refractivity contribution in [1.29, 1.82) is 0 Å². The van der Waals surface area contributed by atoms with Gasteiger partial charge in [-0.1, -0.05) is 42.5 Å². The van der Waals surface area contributed by atoms with Crippen LogP contribution in [0.2, 0.25) is 0 Å². The van der Waals surface area contributed by atoms with Gasteiger partial charge in [0, 0.05) is 18.9 Å². The first-order valence-corrected chi connectivity index (χ1v) is 9.61. The summed E-state index contributed by atoms with van der Waals surface area (Å²) in [6.07, 6.45) is 3.41. The number of hydrogen-bond acceptors (Lipinski definition) is 3. The zero-order chi connectivity index (χ0) is 20.2. The molecule has 1 amide bonds. The number of pyridine rings is 1. The molecule has 0 radical (unpaired) electrons. The van der Waals surface area contributed by atoms with E-state index in [1.165, 1.54) is 4.57 Å². The molecule has 146 valence electrons. The number of benzene rings is 2. The molecular formula is C23H22N4O2. The Morgan fingerprint density at radius 2 is 1.48 bits per heavy atom. The van der Waals surface area contributed by atoms with Crippen LogP contribution in [0.1, 0.15) is 24.1 Å². The molecule has 4 aromatic rings. The summed E-state index contributed by atoms with van der Waals surface area (Å²) in [6.45, 7) is 2.44. The van der Waals surface area contributed by atoms with Crippen LogP contribution in [0.3, 0.4) is 0 Å². The van der Waals surface area contributed by atoms with Crippen molar-refractivity contribution in [2.45, 2.75) is 26.1 Å². The minimum Gasteiger partial charge on any atom is -0.344 e. The molecule has 1 N–H and O–H groups in total. The average molecular weight is 386 g/mol. The summed E-state index contributed by atoms with van der Waals surface area (Å²) >= 11 is 0. The Bertz CT molecular complexity index is 1140. The lowest BCUT2D eigenvalue weighted by Gasteiger charge is -2.20. The fourth-order valence-corrected chi connectivity index (χ4v) is 3.64. The third-order valence-corrected chi connectivity index (χ3v) is 5.02. The first kappa shape index (κ1) is 18.7. The Balaban J connectivity index is 1.66. The van der Waals surface area contributed by atoms with Gasteiger partial charge in [-0.25, -0.2) is 4.79 Å². The predicted molar refractivity (Wildman–Crippen MR) is 113 cm³/mol. The monoisotopic (exact) mass is 386 g/mol. The number of fused-ring (bicyclic) bond motifs is 1. The topological polar surface area (TPSA) is 68.9 Å². The highest BCUT2D eigenvalue weighted by Gasteiger charge is 2.19. The standard InChI is InChI=1S/C23H22N4O2/c1-2-26-19-10-6-7-11-20(19)27(23(26)29)16-21(28)25-22(17-8-4-3-5-9-17)18-12-14-24-15-13-18/h3-15,22H,2,16H2,1H3,(H,25,28). The van der Waals surface area contributed by atoms with Gasteiger partial charge in [0.25, 0.3) is 0 Å². The third-order valence-electron chi connectivity index (χ3n) is 5.02. The number of nitrogens with zero attached hydrogens (tertiary/aromatic N) is 3. The lowest BCUT2D eigenvalue weighted by molar-refractivity contribution is -0.122. The maximum absolute atomic E-state index is 13.0. The molecule has 2 aromatic heterocycles. The molecule has 6 heteroatoms. The summed E-state index contributed by atoms with van der Waals surface area (Å²) in [6, 6.07) is 20.8. The van der Waals surface area contributed by atoms with Crippen molar-refractivity contribution in [3.05, 3.63) is 101 Å². The Morgan fingerprint density at radius 1 is 0.897 bits per heavy atom. The Hall–Kier alpha value is -3.67. The molecule has 0 saturated heterocycles. The van der Waals surface area contributed by atoms with Gasteiger partial charge in [0.2, 0.25) is 5.91 Å². The van der Waals surface area contributed by atoms with E-state index in [1.807, 2.05) is 73.7 Å². The van der Waals surface area contributed by atoms with E-state index in [4.69, 9.17) is 0 Å². The van der Waals surface area contributed by atoms with E-state index in [1.54, 1.807) is 17.0 Å². The molecule has 0 aliphatic rings. The number of hydrogen-bond donors (Lipinski definition) is 1. The molecule has 1 unspecified atom stereocenters. The Morgan fingerprint density at radius 3 is 2.14 bits per heavy atom. The molecule has 0 bridgehead atoms. The van der Waals surface area contributed by atoms with Crippen molar-refractivity contribution in [1.82, 2.24) is 19.4 Å². The molecule has 2 heterocycles. The second-order valence-electron chi connectivity index (χ2n) is 6.79. The van der Waals surface area contributed by atoms with E-state index in [2.05, 4.69) is 10.3 Å². The quantitative estimate of drug-likeness (QED) is 0.554. The molecule has 0 aliphatic heterocycles. The second kappa shape index (κ2) is 8.14. The first-order chi connectivity index (χ1) is 14.2. The van der Waals surface area contributed by atoms with Gasteiger partial charge < -0.3 is 5.32 Å². The summed E-state index contributed by atoms with van der Waals surface area (Å²) in [5.74, 6) is -0.225. The second-order valence-corrected chi connectivity index (χ2v) is 6.79. The molecule has 6 nitrogen and oxygen atoms in total. The van der Waals surface area contributed by atoms with Gasteiger partial charge in [-0.3, -0.25) is 18.9 Å². The minimum absolute atomic E-state index is 0.0409. The minimum atomic E-state index is -0.318. The van der Waals surface area contributed by atoms with Gasteiger partial charge in [-0.05, 0) is 42.3 Å². The van der Waals surface area contributed by atoms with Crippen LogP contribution in [0, 0.1) is 0 Å². The zero-order valence-corrected chi connectivity index (χ0v) is 16.2. The predicted octanol–water partition coefficient (Wildman–Crippen LogP) is 3.12. The number of para-hydroxylation sites is 2. The van der Waals surface area contributed by atoms with Crippen molar-refractivity contribution in [2.24, 2.45) is 0 Å². The normalized spacial score (nSPS) is 12.0. The lowest BCUT2D eigenvalue weighted by atomic mass is 10.00. The number of aromatic nitrogens is 3. The molecule has 0 fully saturated rings. The fourth-order valence-electron chi connectivity index (χ4n) is 3.64. The SMILES string of the molecule is CCn1c(=O)n(CC(=O)NC(c2ccccc2)c2ccncc2)c2ccccc21. The summed E-state index contributed by atoms with van der Waals surface area (Å²) in [7, 11) is 0. The van der Waals surface area contributed by atoms with E-state index >= 15 is 0 Å². The van der Waals surface area contributed by atoms with Crippen molar-refractivity contribution in [3.63, 3.8) is 0 Å². The van der Waals surface area contributed by atoms with Crippen molar-refractivity contribution in [3.8, 4) is 0 Å². The molecule has 0 spiro atoms. The molecule has 0 saturated carbocycles. The molecule has 1 atom stereocenters. The number of aryl methyl sites for hydroxylation is 1. The Kier molecular flexibility index (Phi) is 5.24. The van der Waals surface area contributed by atoms with Gasteiger partial charge >= 0.3 is 5.69 Å². The number of amides is 1. The number of nitrogens with one attached hydrogen (secondary N) is 1. The van der Waals surface area contributed by atoms with Crippen molar-refractivity contribution < 1.29 is 4.79 Å². The van der Waals surface area contributed by atoms with Gasteiger partial charge in [0.1, 0.15) is 6.54 Å².